The van der Waals surface area contributed by atoms with Crippen molar-refractivity contribution >= 4 is 28.3 Å². The molecule has 2 aromatic rings. The van der Waals surface area contributed by atoms with Crippen LogP contribution in [0.3, 0.4) is 0 Å². The molecule has 0 spiro atoms. The molecular formula is C20H30ClN3. The van der Waals surface area contributed by atoms with E-state index in [4.69, 9.17) is 11.6 Å². The molecular weight excluding hydrogens is 318 g/mol. The van der Waals surface area contributed by atoms with Gasteiger partial charge in [0, 0.05) is 11.9 Å². The molecule has 1 heterocycles. The largest absolute Gasteiger partial charge is 0.369 e. The second-order valence-electron chi connectivity index (χ2n) is 6.47. The number of halogens is 1. The van der Waals surface area contributed by atoms with Crippen molar-refractivity contribution in [2.75, 3.05) is 11.9 Å². The van der Waals surface area contributed by atoms with Crippen molar-refractivity contribution in [1.29, 1.82) is 0 Å². The fourth-order valence-electron chi connectivity index (χ4n) is 3.00. The zero-order valence-corrected chi connectivity index (χ0v) is 15.6. The van der Waals surface area contributed by atoms with Crippen molar-refractivity contribution in [1.82, 2.24) is 9.97 Å². The molecule has 0 aliphatic heterocycles. The zero-order valence-electron chi connectivity index (χ0n) is 14.9. The molecule has 3 nitrogen and oxygen atoms in total. The van der Waals surface area contributed by atoms with Gasteiger partial charge < -0.3 is 5.32 Å². The van der Waals surface area contributed by atoms with Crippen molar-refractivity contribution in [3.8, 4) is 0 Å². The number of benzene rings is 1. The highest BCUT2D eigenvalue weighted by atomic mass is 35.5. The Morgan fingerprint density at radius 1 is 0.833 bits per heavy atom. The van der Waals surface area contributed by atoms with E-state index in [0.29, 0.717) is 5.28 Å². The van der Waals surface area contributed by atoms with Gasteiger partial charge in [0.15, 0.2) is 0 Å². The normalized spacial score (nSPS) is 11.1. The van der Waals surface area contributed by atoms with E-state index in [9.17, 15) is 0 Å². The van der Waals surface area contributed by atoms with Crippen LogP contribution >= 0.6 is 11.6 Å². The van der Waals surface area contributed by atoms with Crippen LogP contribution in [0.25, 0.3) is 10.9 Å². The minimum Gasteiger partial charge on any atom is -0.369 e. The lowest BCUT2D eigenvalue weighted by Gasteiger charge is -2.09. The highest BCUT2D eigenvalue weighted by molar-refractivity contribution is 6.28. The standard InChI is InChI=1S/C20H30ClN3/c1-2-3-4-5-6-7-8-9-10-13-16-22-19-17-14-11-12-15-18(17)23-20(21)24-19/h11-12,14-15H,2-10,13,16H2,1H3,(H,22,23,24). The first-order valence-electron chi connectivity index (χ1n) is 9.47. The fourth-order valence-corrected chi connectivity index (χ4v) is 3.18. The summed E-state index contributed by atoms with van der Waals surface area (Å²) in [4.78, 5) is 8.58. The number of hydrogen-bond donors (Lipinski definition) is 1. The molecule has 0 radical (unpaired) electrons. The Bertz CT molecular complexity index is 600. The molecule has 0 atom stereocenters. The van der Waals surface area contributed by atoms with Crippen molar-refractivity contribution in [2.45, 2.75) is 71.1 Å². The van der Waals surface area contributed by atoms with Crippen LogP contribution in [0, 0.1) is 0 Å². The molecule has 24 heavy (non-hydrogen) atoms. The molecule has 2 rings (SSSR count). The average Bonchev–Trinajstić information content (AvgIpc) is 2.59. The van der Waals surface area contributed by atoms with Crippen LogP contribution in [0.15, 0.2) is 24.3 Å². The summed E-state index contributed by atoms with van der Waals surface area (Å²) in [5.74, 6) is 0.849. The Labute approximate surface area is 151 Å². The summed E-state index contributed by atoms with van der Waals surface area (Å²) in [7, 11) is 0. The second kappa shape index (κ2) is 11.2. The van der Waals surface area contributed by atoms with Gasteiger partial charge in [-0.1, -0.05) is 76.8 Å². The van der Waals surface area contributed by atoms with Gasteiger partial charge in [-0.2, -0.15) is 0 Å². The SMILES string of the molecule is CCCCCCCCCCCCNc1nc(Cl)nc2ccccc12. The molecule has 0 amide bonds. The van der Waals surface area contributed by atoms with Crippen LogP contribution < -0.4 is 5.32 Å². The number of fused-ring (bicyclic) bond motifs is 1. The Morgan fingerprint density at radius 2 is 1.46 bits per heavy atom. The van der Waals surface area contributed by atoms with E-state index in [2.05, 4.69) is 22.2 Å². The molecule has 0 bridgehead atoms. The van der Waals surface area contributed by atoms with Gasteiger partial charge >= 0.3 is 0 Å². The van der Waals surface area contributed by atoms with Crippen LogP contribution in [-0.2, 0) is 0 Å². The van der Waals surface area contributed by atoms with E-state index < -0.39 is 0 Å². The molecule has 0 fully saturated rings. The number of hydrogen-bond acceptors (Lipinski definition) is 3. The molecule has 0 unspecified atom stereocenters. The first-order valence-corrected chi connectivity index (χ1v) is 9.85. The predicted octanol–water partition coefficient (Wildman–Crippen LogP) is 6.62. The van der Waals surface area contributed by atoms with Gasteiger partial charge in [0.2, 0.25) is 5.28 Å². The summed E-state index contributed by atoms with van der Waals surface area (Å²) in [6.45, 7) is 3.21. The summed E-state index contributed by atoms with van der Waals surface area (Å²) in [6.07, 6.45) is 13.5. The van der Waals surface area contributed by atoms with Crippen LogP contribution in [0.2, 0.25) is 5.28 Å². The predicted molar refractivity (Wildman–Crippen MR) is 105 cm³/mol. The Morgan fingerprint density at radius 3 is 2.17 bits per heavy atom. The van der Waals surface area contributed by atoms with Gasteiger partial charge in [0.1, 0.15) is 5.82 Å². The summed E-state index contributed by atoms with van der Waals surface area (Å²) >= 11 is 6.00. The number of rotatable bonds is 12. The van der Waals surface area contributed by atoms with Gasteiger partial charge in [-0.3, -0.25) is 0 Å². The first-order chi connectivity index (χ1) is 11.8. The third kappa shape index (κ3) is 6.64. The Kier molecular flexibility index (Phi) is 8.90. The molecule has 132 valence electrons. The maximum Gasteiger partial charge on any atom is 0.224 e. The summed E-state index contributed by atoms with van der Waals surface area (Å²) < 4.78 is 0. The lowest BCUT2D eigenvalue weighted by Crippen LogP contribution is -2.05. The Hall–Kier alpha value is -1.35. The number of aromatic nitrogens is 2. The number of anilines is 1. The molecule has 1 aromatic carbocycles. The van der Waals surface area contributed by atoms with Crippen LogP contribution in [0.1, 0.15) is 71.1 Å². The summed E-state index contributed by atoms with van der Waals surface area (Å²) in [5.41, 5.74) is 0.892. The number of nitrogens with one attached hydrogen (secondary N) is 1. The fraction of sp³-hybridized carbons (Fsp3) is 0.600. The number of nitrogens with zero attached hydrogens (tertiary/aromatic N) is 2. The smallest absolute Gasteiger partial charge is 0.224 e. The van der Waals surface area contributed by atoms with E-state index in [1.54, 1.807) is 0 Å². The van der Waals surface area contributed by atoms with E-state index >= 15 is 0 Å². The molecule has 0 aliphatic carbocycles. The first kappa shape index (κ1) is 19.0. The molecule has 0 saturated heterocycles. The van der Waals surface area contributed by atoms with Gasteiger partial charge in [-0.25, -0.2) is 9.97 Å². The highest BCUT2D eigenvalue weighted by Crippen LogP contribution is 2.21. The van der Waals surface area contributed by atoms with Gasteiger partial charge in [0.25, 0.3) is 0 Å². The van der Waals surface area contributed by atoms with Gasteiger partial charge in [-0.05, 0) is 30.2 Å². The summed E-state index contributed by atoms with van der Waals surface area (Å²) in [5, 5.41) is 4.76. The number of unbranched alkanes of at least 4 members (excludes halogenated alkanes) is 9. The second-order valence-corrected chi connectivity index (χ2v) is 6.81. The average molecular weight is 348 g/mol. The van der Waals surface area contributed by atoms with Gasteiger partial charge in [-0.15, -0.1) is 0 Å². The van der Waals surface area contributed by atoms with E-state index in [0.717, 1.165) is 23.3 Å². The van der Waals surface area contributed by atoms with Crippen molar-refractivity contribution < 1.29 is 0 Å². The van der Waals surface area contributed by atoms with E-state index in [1.807, 2.05) is 24.3 Å². The molecule has 0 saturated carbocycles. The Balaban J connectivity index is 1.60. The minimum atomic E-state index is 0.305. The van der Waals surface area contributed by atoms with Crippen molar-refractivity contribution in [3.63, 3.8) is 0 Å². The van der Waals surface area contributed by atoms with Crippen LogP contribution in [0.5, 0.6) is 0 Å². The lowest BCUT2D eigenvalue weighted by atomic mass is 10.1. The number of para-hydroxylation sites is 1. The zero-order chi connectivity index (χ0) is 17.0. The third-order valence-corrected chi connectivity index (χ3v) is 4.57. The van der Waals surface area contributed by atoms with E-state index in [-0.39, 0.29) is 0 Å². The molecule has 4 heteroatoms. The monoisotopic (exact) mass is 347 g/mol. The maximum atomic E-state index is 6.00. The minimum absolute atomic E-state index is 0.305. The van der Waals surface area contributed by atoms with Crippen LogP contribution in [0.4, 0.5) is 5.82 Å². The molecule has 0 aliphatic rings. The topological polar surface area (TPSA) is 37.8 Å². The van der Waals surface area contributed by atoms with Crippen LogP contribution in [-0.4, -0.2) is 16.5 Å². The molecule has 1 N–H and O–H groups in total. The quantitative estimate of drug-likeness (QED) is 0.346. The van der Waals surface area contributed by atoms with E-state index in [1.165, 1.54) is 64.2 Å². The molecule has 1 aromatic heterocycles. The maximum absolute atomic E-state index is 6.00. The van der Waals surface area contributed by atoms with Gasteiger partial charge in [0.05, 0.1) is 5.52 Å². The highest BCUT2D eigenvalue weighted by Gasteiger charge is 2.05. The third-order valence-electron chi connectivity index (χ3n) is 4.40. The lowest BCUT2D eigenvalue weighted by molar-refractivity contribution is 0.560. The summed E-state index contributed by atoms with van der Waals surface area (Å²) in [6, 6.07) is 7.98. The van der Waals surface area contributed by atoms with Crippen molar-refractivity contribution in [2.24, 2.45) is 0 Å². The van der Waals surface area contributed by atoms with Crippen molar-refractivity contribution in [3.05, 3.63) is 29.5 Å².